The van der Waals surface area contributed by atoms with E-state index in [0.717, 1.165) is 24.0 Å². The third-order valence-electron chi connectivity index (χ3n) is 5.14. The van der Waals surface area contributed by atoms with Crippen molar-refractivity contribution in [3.05, 3.63) is 24.5 Å². The normalized spacial score (nSPS) is 19.0. The Balaban J connectivity index is 1.87. The lowest BCUT2D eigenvalue weighted by atomic mass is 10.0. The molecule has 2 aromatic rings. The van der Waals surface area contributed by atoms with Crippen molar-refractivity contribution in [2.45, 2.75) is 38.8 Å². The first kappa shape index (κ1) is 17.4. The summed E-state index contributed by atoms with van der Waals surface area (Å²) in [6.07, 6.45) is 4.93. The largest absolute Gasteiger partial charge is 0.496 e. The maximum absolute atomic E-state index is 12.2. The number of ether oxygens (including phenoxy) is 1. The van der Waals surface area contributed by atoms with Gasteiger partial charge >= 0.3 is 6.09 Å². The molecule has 2 heterocycles. The van der Waals surface area contributed by atoms with Crippen LogP contribution in [0.25, 0.3) is 11.1 Å². The second-order valence-electron chi connectivity index (χ2n) is 7.11. The molecule has 8 heteroatoms. The number of fused-ring (bicyclic) bond motifs is 1. The van der Waals surface area contributed by atoms with Crippen LogP contribution in [0.3, 0.4) is 0 Å². The highest BCUT2D eigenvalue weighted by Gasteiger charge is 2.35. The standard InChI is InChI=1S/C19H22N4O4/c1-11-9-21(19(25)26)16-6-15(13-8-20-22(10-13)14-4-5-14)18(27-3)7-17(16)23(11)12(2)24/h6-8,10-11,14H,4-5,9H2,1-3H3,(H,25,26). The number of benzene rings is 1. The summed E-state index contributed by atoms with van der Waals surface area (Å²) >= 11 is 0. The van der Waals surface area contributed by atoms with Crippen molar-refractivity contribution < 1.29 is 19.4 Å². The Morgan fingerprint density at radius 3 is 2.59 bits per heavy atom. The van der Waals surface area contributed by atoms with Crippen LogP contribution in [0.4, 0.5) is 16.2 Å². The second-order valence-corrected chi connectivity index (χ2v) is 7.11. The second kappa shape index (κ2) is 6.29. The van der Waals surface area contributed by atoms with E-state index in [1.54, 1.807) is 30.3 Å². The van der Waals surface area contributed by atoms with Gasteiger partial charge in [-0.25, -0.2) is 4.79 Å². The van der Waals surface area contributed by atoms with Gasteiger partial charge < -0.3 is 14.7 Å². The smallest absolute Gasteiger partial charge is 0.411 e. The van der Waals surface area contributed by atoms with Gasteiger partial charge in [-0.1, -0.05) is 0 Å². The van der Waals surface area contributed by atoms with E-state index in [2.05, 4.69) is 5.10 Å². The number of carboxylic acid groups (broad SMARTS) is 1. The first-order valence-corrected chi connectivity index (χ1v) is 8.97. The van der Waals surface area contributed by atoms with Crippen molar-refractivity contribution >= 4 is 23.4 Å². The molecular weight excluding hydrogens is 348 g/mol. The minimum atomic E-state index is -1.05. The number of carbonyl (C=O) groups excluding carboxylic acids is 1. The van der Waals surface area contributed by atoms with E-state index in [0.29, 0.717) is 23.2 Å². The number of aromatic nitrogens is 2. The monoisotopic (exact) mass is 370 g/mol. The molecule has 4 rings (SSSR count). The Labute approximate surface area is 156 Å². The van der Waals surface area contributed by atoms with Crippen molar-refractivity contribution in [3.63, 3.8) is 0 Å². The highest BCUT2D eigenvalue weighted by molar-refractivity contribution is 6.03. The highest BCUT2D eigenvalue weighted by atomic mass is 16.5. The molecular formula is C19H22N4O4. The number of rotatable bonds is 3. The lowest BCUT2D eigenvalue weighted by Gasteiger charge is -2.40. The molecule has 0 saturated heterocycles. The van der Waals surface area contributed by atoms with Crippen LogP contribution in [0.15, 0.2) is 24.5 Å². The first-order chi connectivity index (χ1) is 12.9. The van der Waals surface area contributed by atoms with Crippen molar-refractivity contribution in [2.24, 2.45) is 0 Å². The number of methoxy groups -OCH3 is 1. The van der Waals surface area contributed by atoms with Gasteiger partial charge in [0, 0.05) is 36.9 Å². The molecule has 2 aliphatic rings. The lowest BCUT2D eigenvalue weighted by molar-refractivity contribution is -0.117. The molecule has 2 amide bonds. The van der Waals surface area contributed by atoms with Crippen molar-refractivity contribution in [3.8, 4) is 16.9 Å². The van der Waals surface area contributed by atoms with E-state index in [1.807, 2.05) is 17.8 Å². The van der Waals surface area contributed by atoms with E-state index in [-0.39, 0.29) is 18.5 Å². The molecule has 1 unspecified atom stereocenters. The highest BCUT2D eigenvalue weighted by Crippen LogP contribution is 2.44. The SMILES string of the molecule is COc1cc2c(cc1-c1cnn(C3CC3)c1)N(C(=O)O)CC(C)N2C(C)=O. The van der Waals surface area contributed by atoms with E-state index >= 15 is 0 Å². The average molecular weight is 370 g/mol. The summed E-state index contributed by atoms with van der Waals surface area (Å²) in [7, 11) is 1.57. The Hall–Kier alpha value is -3.03. The van der Waals surface area contributed by atoms with Crippen molar-refractivity contribution in [1.29, 1.82) is 0 Å². The Bertz CT molecular complexity index is 918. The van der Waals surface area contributed by atoms with Gasteiger partial charge in [-0.15, -0.1) is 0 Å². The number of hydrogen-bond acceptors (Lipinski definition) is 4. The molecule has 142 valence electrons. The first-order valence-electron chi connectivity index (χ1n) is 8.97. The average Bonchev–Trinajstić information content (AvgIpc) is 3.36. The van der Waals surface area contributed by atoms with Crippen LogP contribution < -0.4 is 14.5 Å². The minimum absolute atomic E-state index is 0.134. The van der Waals surface area contributed by atoms with Gasteiger partial charge in [-0.2, -0.15) is 5.10 Å². The summed E-state index contributed by atoms with van der Waals surface area (Å²) in [6.45, 7) is 3.53. The molecule has 1 aliphatic heterocycles. The Morgan fingerprint density at radius 2 is 2.00 bits per heavy atom. The minimum Gasteiger partial charge on any atom is -0.496 e. The number of amides is 2. The van der Waals surface area contributed by atoms with Crippen LogP contribution in [0.2, 0.25) is 0 Å². The molecule has 1 N–H and O–H groups in total. The quantitative estimate of drug-likeness (QED) is 0.897. The van der Waals surface area contributed by atoms with Crippen LogP contribution in [0.1, 0.15) is 32.7 Å². The Kier molecular flexibility index (Phi) is 4.05. The molecule has 0 spiro atoms. The maximum atomic E-state index is 12.2. The van der Waals surface area contributed by atoms with Crippen LogP contribution in [-0.2, 0) is 4.79 Å². The number of hydrogen-bond donors (Lipinski definition) is 1. The molecule has 1 fully saturated rings. The summed E-state index contributed by atoms with van der Waals surface area (Å²) in [6, 6.07) is 3.70. The van der Waals surface area contributed by atoms with Gasteiger partial charge in [0.2, 0.25) is 5.91 Å². The summed E-state index contributed by atoms with van der Waals surface area (Å²) in [4.78, 5) is 26.9. The third-order valence-corrected chi connectivity index (χ3v) is 5.14. The lowest BCUT2D eigenvalue weighted by Crippen LogP contribution is -2.51. The predicted octanol–water partition coefficient (Wildman–Crippen LogP) is 3.13. The number of anilines is 2. The van der Waals surface area contributed by atoms with E-state index < -0.39 is 6.09 Å². The zero-order chi connectivity index (χ0) is 19.3. The molecule has 1 aromatic carbocycles. The van der Waals surface area contributed by atoms with Crippen LogP contribution in [0.5, 0.6) is 5.75 Å². The van der Waals surface area contributed by atoms with Gasteiger partial charge in [0.15, 0.2) is 0 Å². The fourth-order valence-corrected chi connectivity index (χ4v) is 3.72. The van der Waals surface area contributed by atoms with Gasteiger partial charge in [-0.05, 0) is 25.8 Å². The zero-order valence-electron chi connectivity index (χ0n) is 15.5. The van der Waals surface area contributed by atoms with Gasteiger partial charge in [0.05, 0.1) is 36.8 Å². The van der Waals surface area contributed by atoms with Gasteiger partial charge in [0.25, 0.3) is 0 Å². The molecule has 0 bridgehead atoms. The number of nitrogens with zero attached hydrogens (tertiary/aromatic N) is 4. The topological polar surface area (TPSA) is 87.9 Å². The van der Waals surface area contributed by atoms with E-state index in [4.69, 9.17) is 4.74 Å². The molecule has 27 heavy (non-hydrogen) atoms. The van der Waals surface area contributed by atoms with Crippen molar-refractivity contribution in [1.82, 2.24) is 9.78 Å². The third kappa shape index (κ3) is 2.90. The fraction of sp³-hybridized carbons (Fsp3) is 0.421. The summed E-state index contributed by atoms with van der Waals surface area (Å²) < 4.78 is 7.51. The van der Waals surface area contributed by atoms with Crippen LogP contribution in [0, 0.1) is 0 Å². The van der Waals surface area contributed by atoms with Gasteiger partial charge in [0.1, 0.15) is 5.75 Å². The molecule has 1 aliphatic carbocycles. The van der Waals surface area contributed by atoms with E-state index in [9.17, 15) is 14.7 Å². The predicted molar refractivity (Wildman–Crippen MR) is 100 cm³/mol. The molecule has 1 atom stereocenters. The molecule has 8 nitrogen and oxygen atoms in total. The fourth-order valence-electron chi connectivity index (χ4n) is 3.72. The zero-order valence-corrected chi connectivity index (χ0v) is 15.5. The molecule has 1 saturated carbocycles. The van der Waals surface area contributed by atoms with Crippen LogP contribution in [-0.4, -0.2) is 46.6 Å². The summed E-state index contributed by atoms with van der Waals surface area (Å²) in [5.74, 6) is 0.444. The summed E-state index contributed by atoms with van der Waals surface area (Å²) in [5.41, 5.74) is 2.64. The summed E-state index contributed by atoms with van der Waals surface area (Å²) in [5, 5.41) is 14.1. The number of carbonyl (C=O) groups is 2. The maximum Gasteiger partial charge on any atom is 0.411 e. The van der Waals surface area contributed by atoms with Crippen molar-refractivity contribution in [2.75, 3.05) is 23.5 Å². The van der Waals surface area contributed by atoms with E-state index in [1.165, 1.54) is 11.8 Å². The Morgan fingerprint density at radius 1 is 1.26 bits per heavy atom. The molecule has 1 aromatic heterocycles. The van der Waals surface area contributed by atoms with Gasteiger partial charge in [-0.3, -0.25) is 14.4 Å². The molecule has 0 radical (unpaired) electrons. The van der Waals surface area contributed by atoms with Crippen LogP contribution >= 0.6 is 0 Å².